The molecule has 0 spiro atoms. The smallest absolute Gasteiger partial charge is 0.0635 e. The van der Waals surface area contributed by atoms with E-state index in [0.717, 1.165) is 31.4 Å². The first kappa shape index (κ1) is 15.2. The predicted octanol–water partition coefficient (Wildman–Crippen LogP) is 5.32. The van der Waals surface area contributed by atoms with E-state index in [-0.39, 0.29) is 5.41 Å². The Bertz CT molecular complexity index is 514. The number of rotatable bonds is 1. The van der Waals surface area contributed by atoms with Crippen molar-refractivity contribution >= 4 is 11.4 Å². The molecular formula is C18H28N2. The molecular weight excluding hydrogens is 244 g/mol. The Morgan fingerprint density at radius 2 is 1.60 bits per heavy atom. The quantitative estimate of drug-likeness (QED) is 0.456. The second kappa shape index (κ2) is 5.31. The van der Waals surface area contributed by atoms with Crippen LogP contribution in [0.25, 0.3) is 0 Å². The highest BCUT2D eigenvalue weighted by Crippen LogP contribution is 2.34. The zero-order chi connectivity index (χ0) is 15.0. The van der Waals surface area contributed by atoms with Gasteiger partial charge in [0, 0.05) is 12.1 Å². The first-order valence-corrected chi connectivity index (χ1v) is 7.63. The largest absolute Gasteiger partial charge is 0.159 e. The summed E-state index contributed by atoms with van der Waals surface area (Å²) in [7, 11) is 0. The van der Waals surface area contributed by atoms with Crippen LogP contribution in [0.2, 0.25) is 0 Å². The van der Waals surface area contributed by atoms with E-state index in [1.54, 1.807) is 0 Å². The van der Waals surface area contributed by atoms with E-state index in [2.05, 4.69) is 63.9 Å². The standard InChI is InChI=1S/C18H28N2/c1-13-7-15(11-17(3,4)9-13)19-20-16-8-14(2)10-18(5,6)12-16/h7,10H,8-9,11-12H2,1-6H3/b19-15-,20-16+. The molecule has 0 heterocycles. The van der Waals surface area contributed by atoms with E-state index in [9.17, 15) is 0 Å². The Morgan fingerprint density at radius 3 is 2.20 bits per heavy atom. The van der Waals surface area contributed by atoms with Crippen LogP contribution < -0.4 is 0 Å². The Morgan fingerprint density at radius 1 is 0.900 bits per heavy atom. The summed E-state index contributed by atoms with van der Waals surface area (Å²) in [6.45, 7) is 13.5. The molecule has 0 fully saturated rings. The van der Waals surface area contributed by atoms with Crippen molar-refractivity contribution in [2.75, 3.05) is 0 Å². The fraction of sp³-hybridized carbons (Fsp3) is 0.667. The number of hydrogen-bond donors (Lipinski definition) is 0. The fourth-order valence-electron chi connectivity index (χ4n) is 3.64. The van der Waals surface area contributed by atoms with Crippen LogP contribution in [0.3, 0.4) is 0 Å². The summed E-state index contributed by atoms with van der Waals surface area (Å²) in [6.07, 6.45) is 8.77. The van der Waals surface area contributed by atoms with Crippen LogP contribution in [0.15, 0.2) is 33.5 Å². The second-order valence-corrected chi connectivity index (χ2v) is 8.10. The van der Waals surface area contributed by atoms with Gasteiger partial charge in [-0.2, -0.15) is 10.2 Å². The van der Waals surface area contributed by atoms with Gasteiger partial charge in [-0.25, -0.2) is 0 Å². The van der Waals surface area contributed by atoms with E-state index in [0.29, 0.717) is 5.41 Å². The minimum atomic E-state index is 0.221. The van der Waals surface area contributed by atoms with E-state index >= 15 is 0 Å². The number of allylic oxidation sites excluding steroid dienone is 4. The SMILES string of the molecule is CC1=CC(C)(C)C/C(=N/N=C2/C=C(C)CC(C)(C)C2)C1. The minimum Gasteiger partial charge on any atom is -0.159 e. The summed E-state index contributed by atoms with van der Waals surface area (Å²) < 4.78 is 0. The molecule has 0 amide bonds. The molecule has 20 heavy (non-hydrogen) atoms. The first-order valence-electron chi connectivity index (χ1n) is 7.63. The van der Waals surface area contributed by atoms with Gasteiger partial charge in [0.2, 0.25) is 0 Å². The monoisotopic (exact) mass is 272 g/mol. The van der Waals surface area contributed by atoms with Gasteiger partial charge in [-0.1, -0.05) is 44.9 Å². The first-order chi connectivity index (χ1) is 9.15. The molecule has 0 saturated carbocycles. The summed E-state index contributed by atoms with van der Waals surface area (Å²) in [5.41, 5.74) is 5.72. The van der Waals surface area contributed by atoms with Gasteiger partial charge >= 0.3 is 0 Å². The Hall–Kier alpha value is -1.18. The van der Waals surface area contributed by atoms with Gasteiger partial charge in [0.25, 0.3) is 0 Å². The lowest BCUT2D eigenvalue weighted by Crippen LogP contribution is -2.22. The highest BCUT2D eigenvalue weighted by atomic mass is 15.2. The van der Waals surface area contributed by atoms with Crippen LogP contribution in [-0.4, -0.2) is 11.4 Å². The minimum absolute atomic E-state index is 0.221. The average molecular weight is 272 g/mol. The molecule has 0 unspecified atom stereocenters. The van der Waals surface area contributed by atoms with Crippen LogP contribution in [0.4, 0.5) is 0 Å². The van der Waals surface area contributed by atoms with Crippen LogP contribution in [0, 0.1) is 10.8 Å². The summed E-state index contributed by atoms with van der Waals surface area (Å²) >= 11 is 0. The number of nitrogens with zero attached hydrogens (tertiary/aromatic N) is 2. The molecule has 0 bridgehead atoms. The van der Waals surface area contributed by atoms with Crippen LogP contribution in [0.5, 0.6) is 0 Å². The number of hydrogen-bond acceptors (Lipinski definition) is 2. The molecule has 110 valence electrons. The average Bonchev–Trinajstić information content (AvgIpc) is 2.20. The molecule has 2 rings (SSSR count). The lowest BCUT2D eigenvalue weighted by molar-refractivity contribution is 0.373. The van der Waals surface area contributed by atoms with Crippen LogP contribution in [0.1, 0.15) is 67.2 Å². The second-order valence-electron chi connectivity index (χ2n) is 8.10. The highest BCUT2D eigenvalue weighted by molar-refractivity contribution is 5.97. The van der Waals surface area contributed by atoms with Crippen LogP contribution >= 0.6 is 0 Å². The van der Waals surface area contributed by atoms with Crippen molar-refractivity contribution in [2.24, 2.45) is 21.0 Å². The summed E-state index contributed by atoms with van der Waals surface area (Å²) in [5.74, 6) is 0. The molecule has 0 aliphatic heterocycles. The van der Waals surface area contributed by atoms with Gasteiger partial charge in [0.1, 0.15) is 0 Å². The zero-order valence-corrected chi connectivity index (χ0v) is 13.9. The van der Waals surface area contributed by atoms with Crippen molar-refractivity contribution in [1.29, 1.82) is 0 Å². The maximum Gasteiger partial charge on any atom is 0.0635 e. The fourth-order valence-corrected chi connectivity index (χ4v) is 3.64. The van der Waals surface area contributed by atoms with Crippen molar-refractivity contribution in [3.05, 3.63) is 23.3 Å². The molecule has 0 N–H and O–H groups in total. The van der Waals surface area contributed by atoms with Crippen molar-refractivity contribution in [3.63, 3.8) is 0 Å². The molecule has 0 aromatic heterocycles. The van der Waals surface area contributed by atoms with Crippen molar-refractivity contribution in [1.82, 2.24) is 0 Å². The molecule has 0 aromatic rings. The molecule has 0 radical (unpaired) electrons. The van der Waals surface area contributed by atoms with Gasteiger partial charge in [-0.3, -0.25) is 0 Å². The maximum absolute atomic E-state index is 4.57. The van der Waals surface area contributed by atoms with Crippen molar-refractivity contribution in [3.8, 4) is 0 Å². The van der Waals surface area contributed by atoms with Gasteiger partial charge in [-0.15, -0.1) is 0 Å². The predicted molar refractivity (Wildman–Crippen MR) is 88.4 cm³/mol. The maximum atomic E-state index is 4.57. The molecule has 0 saturated heterocycles. The third-order valence-electron chi connectivity index (χ3n) is 3.93. The lowest BCUT2D eigenvalue weighted by Gasteiger charge is -2.29. The Kier molecular flexibility index (Phi) is 4.04. The topological polar surface area (TPSA) is 24.7 Å². The molecule has 2 heteroatoms. The third-order valence-corrected chi connectivity index (χ3v) is 3.93. The normalized spacial score (nSPS) is 29.3. The van der Waals surface area contributed by atoms with Gasteiger partial charge in [-0.05, 0) is 50.0 Å². The molecule has 2 nitrogen and oxygen atoms in total. The van der Waals surface area contributed by atoms with Gasteiger partial charge in [0.05, 0.1) is 5.71 Å². The molecule has 2 aliphatic rings. The zero-order valence-electron chi connectivity index (χ0n) is 13.9. The Labute approximate surface area is 123 Å². The van der Waals surface area contributed by atoms with E-state index in [4.69, 9.17) is 0 Å². The van der Waals surface area contributed by atoms with E-state index in [1.165, 1.54) is 16.9 Å². The van der Waals surface area contributed by atoms with Crippen LogP contribution in [-0.2, 0) is 0 Å². The van der Waals surface area contributed by atoms with Gasteiger partial charge in [0.15, 0.2) is 0 Å². The molecule has 2 aliphatic carbocycles. The summed E-state index contributed by atoms with van der Waals surface area (Å²) in [5, 5.41) is 9.13. The van der Waals surface area contributed by atoms with Crippen molar-refractivity contribution in [2.45, 2.75) is 67.2 Å². The Balaban J connectivity index is 2.19. The lowest BCUT2D eigenvalue weighted by atomic mass is 9.77. The van der Waals surface area contributed by atoms with Crippen molar-refractivity contribution < 1.29 is 0 Å². The molecule has 0 aromatic carbocycles. The third kappa shape index (κ3) is 4.16. The highest BCUT2D eigenvalue weighted by Gasteiger charge is 2.25. The summed E-state index contributed by atoms with van der Waals surface area (Å²) in [6, 6.07) is 0. The van der Waals surface area contributed by atoms with Gasteiger partial charge < -0.3 is 0 Å². The summed E-state index contributed by atoms with van der Waals surface area (Å²) in [4.78, 5) is 0. The molecule has 0 atom stereocenters. The van der Waals surface area contributed by atoms with E-state index in [1.807, 2.05) is 0 Å². The van der Waals surface area contributed by atoms with E-state index < -0.39 is 0 Å².